The van der Waals surface area contributed by atoms with Gasteiger partial charge in [-0.25, -0.2) is 4.39 Å². The van der Waals surface area contributed by atoms with Crippen molar-refractivity contribution in [1.29, 1.82) is 0 Å². The average Bonchev–Trinajstić information content (AvgIpc) is 1.93. The first kappa shape index (κ1) is 10.6. The Hall–Kier alpha value is -0.530. The van der Waals surface area contributed by atoms with Gasteiger partial charge in [-0.2, -0.15) is 13.2 Å². The Morgan fingerprint density at radius 3 is 2.31 bits per heavy atom. The second-order valence-electron chi connectivity index (χ2n) is 2.25. The van der Waals surface area contributed by atoms with Crippen molar-refractivity contribution in [1.82, 2.24) is 0 Å². The van der Waals surface area contributed by atoms with E-state index in [9.17, 15) is 17.6 Å². The first-order chi connectivity index (χ1) is 5.88. The van der Waals surface area contributed by atoms with Crippen LogP contribution in [0.4, 0.5) is 23.2 Å². The standard InChI is InChI=1S/C7H4F4IN/c8-4-1-2-6(5(12)3-4)13-7(9,10)11/h1-3,13H. The van der Waals surface area contributed by atoms with E-state index in [0.29, 0.717) is 0 Å². The van der Waals surface area contributed by atoms with Crippen LogP contribution in [0.15, 0.2) is 18.2 Å². The Bertz CT molecular complexity index is 310. The van der Waals surface area contributed by atoms with E-state index in [1.807, 2.05) is 0 Å². The van der Waals surface area contributed by atoms with Gasteiger partial charge in [0.25, 0.3) is 0 Å². The molecule has 0 aliphatic carbocycles. The SMILES string of the molecule is Fc1ccc(NC(F)(F)F)c(I)c1. The van der Waals surface area contributed by atoms with E-state index in [1.165, 1.54) is 5.32 Å². The number of hydrogen-bond acceptors (Lipinski definition) is 1. The third-order valence-electron chi connectivity index (χ3n) is 1.21. The molecular weight excluding hydrogens is 301 g/mol. The van der Waals surface area contributed by atoms with Crippen molar-refractivity contribution >= 4 is 28.3 Å². The van der Waals surface area contributed by atoms with Crippen LogP contribution in [0.25, 0.3) is 0 Å². The lowest BCUT2D eigenvalue weighted by molar-refractivity contribution is -0.1000. The molecule has 0 radical (unpaired) electrons. The highest BCUT2D eigenvalue weighted by atomic mass is 127. The normalized spacial score (nSPS) is 11.5. The van der Waals surface area contributed by atoms with Gasteiger partial charge in [-0.05, 0) is 40.8 Å². The summed E-state index contributed by atoms with van der Waals surface area (Å²) in [6.45, 7) is 0. The fourth-order valence-electron chi connectivity index (χ4n) is 0.744. The summed E-state index contributed by atoms with van der Waals surface area (Å²) in [6.07, 6.45) is -4.49. The lowest BCUT2D eigenvalue weighted by Crippen LogP contribution is -2.21. The van der Waals surface area contributed by atoms with Crippen LogP contribution in [-0.4, -0.2) is 6.30 Å². The molecule has 6 heteroatoms. The summed E-state index contributed by atoms with van der Waals surface area (Å²) in [5, 5.41) is 1.30. The predicted octanol–water partition coefficient (Wildman–Crippen LogP) is 3.36. The van der Waals surface area contributed by atoms with Gasteiger partial charge in [0, 0.05) is 3.57 Å². The number of alkyl halides is 3. The van der Waals surface area contributed by atoms with Gasteiger partial charge in [0.15, 0.2) is 0 Å². The fourth-order valence-corrected chi connectivity index (χ4v) is 1.36. The highest BCUT2D eigenvalue weighted by Gasteiger charge is 2.27. The van der Waals surface area contributed by atoms with E-state index in [4.69, 9.17) is 0 Å². The molecule has 13 heavy (non-hydrogen) atoms. The van der Waals surface area contributed by atoms with Gasteiger partial charge in [0.2, 0.25) is 0 Å². The zero-order valence-corrected chi connectivity index (χ0v) is 8.28. The largest absolute Gasteiger partial charge is 0.482 e. The molecular formula is C7H4F4IN. The molecule has 0 atom stereocenters. The number of hydrogen-bond donors (Lipinski definition) is 1. The summed E-state index contributed by atoms with van der Waals surface area (Å²) in [4.78, 5) is 0. The van der Waals surface area contributed by atoms with Crippen LogP contribution in [0.1, 0.15) is 0 Å². The molecule has 0 saturated carbocycles. The Labute approximate surface area is 85.3 Å². The molecule has 1 aromatic rings. The van der Waals surface area contributed by atoms with Gasteiger partial charge in [-0.3, -0.25) is 5.32 Å². The molecule has 0 bridgehead atoms. The minimum Gasteiger partial charge on any atom is -0.296 e. The van der Waals surface area contributed by atoms with E-state index in [-0.39, 0.29) is 9.26 Å². The van der Waals surface area contributed by atoms with Crippen molar-refractivity contribution in [2.75, 3.05) is 5.32 Å². The van der Waals surface area contributed by atoms with Crippen LogP contribution in [0.2, 0.25) is 0 Å². The molecule has 0 amide bonds. The number of benzene rings is 1. The number of nitrogens with one attached hydrogen (secondary N) is 1. The molecule has 1 N–H and O–H groups in total. The summed E-state index contributed by atoms with van der Waals surface area (Å²) >= 11 is 1.62. The minimum absolute atomic E-state index is 0.144. The van der Waals surface area contributed by atoms with E-state index >= 15 is 0 Å². The van der Waals surface area contributed by atoms with Crippen molar-refractivity contribution in [3.05, 3.63) is 27.6 Å². The summed E-state index contributed by atoms with van der Waals surface area (Å²) < 4.78 is 48.1. The predicted molar refractivity (Wildman–Crippen MR) is 48.8 cm³/mol. The van der Waals surface area contributed by atoms with Gasteiger partial charge >= 0.3 is 6.30 Å². The smallest absolute Gasteiger partial charge is 0.296 e. The van der Waals surface area contributed by atoms with Gasteiger partial charge in [-0.15, -0.1) is 0 Å². The average molecular weight is 305 g/mol. The maximum absolute atomic E-state index is 12.5. The highest BCUT2D eigenvalue weighted by Crippen LogP contribution is 2.24. The zero-order chi connectivity index (χ0) is 10.1. The lowest BCUT2D eigenvalue weighted by atomic mass is 10.3. The summed E-state index contributed by atoms with van der Waals surface area (Å²) in [7, 11) is 0. The molecule has 1 rings (SSSR count). The molecule has 0 saturated heterocycles. The fraction of sp³-hybridized carbons (Fsp3) is 0.143. The molecule has 0 aliphatic heterocycles. The molecule has 72 valence electrons. The third kappa shape index (κ3) is 3.37. The van der Waals surface area contributed by atoms with E-state index < -0.39 is 12.1 Å². The quantitative estimate of drug-likeness (QED) is 0.476. The van der Waals surface area contributed by atoms with Crippen molar-refractivity contribution in [2.24, 2.45) is 0 Å². The Kier molecular flexibility index (Phi) is 2.99. The van der Waals surface area contributed by atoms with Crippen LogP contribution in [0, 0.1) is 9.39 Å². The Balaban J connectivity index is 2.90. The van der Waals surface area contributed by atoms with Crippen LogP contribution in [0.5, 0.6) is 0 Å². The van der Waals surface area contributed by atoms with Crippen molar-refractivity contribution in [2.45, 2.75) is 6.30 Å². The van der Waals surface area contributed by atoms with Crippen molar-refractivity contribution < 1.29 is 17.6 Å². The lowest BCUT2D eigenvalue weighted by Gasteiger charge is -2.11. The molecule has 0 aromatic heterocycles. The third-order valence-corrected chi connectivity index (χ3v) is 2.10. The van der Waals surface area contributed by atoms with E-state index in [0.717, 1.165) is 18.2 Å². The first-order valence-corrected chi connectivity index (χ1v) is 4.26. The van der Waals surface area contributed by atoms with E-state index in [2.05, 4.69) is 0 Å². The van der Waals surface area contributed by atoms with Gasteiger partial charge in [0.05, 0.1) is 5.69 Å². The second kappa shape index (κ2) is 3.69. The summed E-state index contributed by atoms with van der Waals surface area (Å²) in [5.74, 6) is -0.558. The molecule has 0 spiro atoms. The Morgan fingerprint density at radius 2 is 1.85 bits per heavy atom. The van der Waals surface area contributed by atoms with Crippen LogP contribution in [-0.2, 0) is 0 Å². The summed E-state index contributed by atoms with van der Waals surface area (Å²) in [5.41, 5.74) is -0.144. The minimum atomic E-state index is -4.49. The van der Waals surface area contributed by atoms with Crippen molar-refractivity contribution in [3.63, 3.8) is 0 Å². The molecule has 1 aromatic carbocycles. The number of anilines is 1. The molecule has 0 aliphatic rings. The van der Waals surface area contributed by atoms with Gasteiger partial charge in [0.1, 0.15) is 5.82 Å². The Morgan fingerprint density at radius 1 is 1.23 bits per heavy atom. The number of rotatable bonds is 1. The maximum atomic E-state index is 12.5. The monoisotopic (exact) mass is 305 g/mol. The van der Waals surface area contributed by atoms with Crippen LogP contribution >= 0.6 is 22.6 Å². The molecule has 0 heterocycles. The highest BCUT2D eigenvalue weighted by molar-refractivity contribution is 14.1. The van der Waals surface area contributed by atoms with Gasteiger partial charge < -0.3 is 0 Å². The van der Waals surface area contributed by atoms with Gasteiger partial charge in [-0.1, -0.05) is 0 Å². The second-order valence-corrected chi connectivity index (χ2v) is 3.41. The zero-order valence-electron chi connectivity index (χ0n) is 6.12. The molecule has 0 fully saturated rings. The summed E-state index contributed by atoms with van der Waals surface area (Å²) in [6, 6.07) is 3.04. The van der Waals surface area contributed by atoms with Crippen LogP contribution < -0.4 is 5.32 Å². The molecule has 1 nitrogen and oxygen atoms in total. The maximum Gasteiger partial charge on any atom is 0.482 e. The topological polar surface area (TPSA) is 12.0 Å². The first-order valence-electron chi connectivity index (χ1n) is 3.18. The van der Waals surface area contributed by atoms with Crippen LogP contribution in [0.3, 0.4) is 0 Å². The molecule has 0 unspecified atom stereocenters. The van der Waals surface area contributed by atoms with E-state index in [1.54, 1.807) is 22.6 Å². The van der Waals surface area contributed by atoms with Crippen molar-refractivity contribution in [3.8, 4) is 0 Å². The number of halogens is 5.